The van der Waals surface area contributed by atoms with Gasteiger partial charge in [0.1, 0.15) is 34.6 Å². The summed E-state index contributed by atoms with van der Waals surface area (Å²) in [5.41, 5.74) is -0.651. The summed E-state index contributed by atoms with van der Waals surface area (Å²) in [6, 6.07) is 6.27. The predicted octanol–water partition coefficient (Wildman–Crippen LogP) is 2.67. The zero-order valence-electron chi connectivity index (χ0n) is 9.89. The fraction of sp³-hybridized carbons (Fsp3) is 0. The molecule has 0 amide bonds. The predicted molar refractivity (Wildman–Crippen MR) is 65.6 cm³/mol. The molecule has 0 aliphatic rings. The molecule has 2 aromatic rings. The second-order valence-electron chi connectivity index (χ2n) is 3.75. The number of rotatable bonds is 3. The number of halogens is 2. The molecule has 0 radical (unpaired) electrons. The third-order valence-corrected chi connectivity index (χ3v) is 2.46. The summed E-state index contributed by atoms with van der Waals surface area (Å²) in [5, 5.41) is 20.4. The fourth-order valence-corrected chi connectivity index (χ4v) is 1.57. The van der Waals surface area contributed by atoms with Crippen LogP contribution in [0.15, 0.2) is 30.5 Å². The normalized spacial score (nSPS) is 9.85. The lowest BCUT2D eigenvalue weighted by Gasteiger charge is -2.10. The van der Waals surface area contributed by atoms with Gasteiger partial charge in [0.25, 0.3) is 0 Å². The first-order valence-corrected chi connectivity index (χ1v) is 5.37. The maximum atomic E-state index is 13.4. The Labute approximate surface area is 112 Å². The molecule has 1 aromatic carbocycles. The fourth-order valence-electron chi connectivity index (χ4n) is 1.57. The van der Waals surface area contributed by atoms with Crippen molar-refractivity contribution in [3.05, 3.63) is 53.2 Å². The SMILES string of the molecule is N#Cc1c(F)cccc1Nc1ncc(F)cc1C(=O)O. The number of aromatic carboxylic acids is 1. The minimum Gasteiger partial charge on any atom is -0.478 e. The Morgan fingerprint density at radius 1 is 1.40 bits per heavy atom. The van der Waals surface area contributed by atoms with Crippen molar-refractivity contribution in [2.75, 3.05) is 5.32 Å². The molecule has 0 saturated carbocycles. The third-order valence-electron chi connectivity index (χ3n) is 2.46. The molecule has 100 valence electrons. The van der Waals surface area contributed by atoms with Crippen LogP contribution < -0.4 is 5.32 Å². The molecule has 0 unspecified atom stereocenters. The number of carboxylic acids is 1. The molecule has 0 bridgehead atoms. The topological polar surface area (TPSA) is 86.0 Å². The third kappa shape index (κ3) is 2.54. The summed E-state index contributed by atoms with van der Waals surface area (Å²) in [6.45, 7) is 0. The molecule has 0 aliphatic heterocycles. The van der Waals surface area contributed by atoms with Crippen LogP contribution in [0.4, 0.5) is 20.3 Å². The number of aromatic nitrogens is 1. The zero-order valence-corrected chi connectivity index (χ0v) is 9.89. The first-order valence-electron chi connectivity index (χ1n) is 5.37. The van der Waals surface area contributed by atoms with Crippen molar-refractivity contribution in [2.24, 2.45) is 0 Å². The monoisotopic (exact) mass is 275 g/mol. The number of nitrogens with one attached hydrogen (secondary N) is 1. The Hall–Kier alpha value is -3.01. The van der Waals surface area contributed by atoms with Gasteiger partial charge in [-0.3, -0.25) is 0 Å². The van der Waals surface area contributed by atoms with Gasteiger partial charge < -0.3 is 10.4 Å². The first kappa shape index (κ1) is 13.4. The van der Waals surface area contributed by atoms with Crippen LogP contribution in [0, 0.1) is 23.0 Å². The molecule has 0 aliphatic carbocycles. The van der Waals surface area contributed by atoms with Crippen molar-refractivity contribution in [3.63, 3.8) is 0 Å². The average Bonchev–Trinajstić information content (AvgIpc) is 2.41. The highest BCUT2D eigenvalue weighted by Gasteiger charge is 2.15. The van der Waals surface area contributed by atoms with Crippen LogP contribution in [-0.2, 0) is 0 Å². The van der Waals surface area contributed by atoms with Gasteiger partial charge in [0.2, 0.25) is 0 Å². The second-order valence-corrected chi connectivity index (χ2v) is 3.75. The van der Waals surface area contributed by atoms with Crippen molar-refractivity contribution < 1.29 is 18.7 Å². The number of pyridine rings is 1. The zero-order chi connectivity index (χ0) is 14.7. The van der Waals surface area contributed by atoms with E-state index in [0.29, 0.717) is 0 Å². The Bertz CT molecular complexity index is 726. The van der Waals surface area contributed by atoms with Crippen molar-refractivity contribution in [1.29, 1.82) is 5.26 Å². The second kappa shape index (κ2) is 5.32. The van der Waals surface area contributed by atoms with Gasteiger partial charge >= 0.3 is 5.97 Å². The molecule has 20 heavy (non-hydrogen) atoms. The van der Waals surface area contributed by atoms with Crippen molar-refractivity contribution in [3.8, 4) is 6.07 Å². The van der Waals surface area contributed by atoms with E-state index in [2.05, 4.69) is 10.3 Å². The summed E-state index contributed by atoms with van der Waals surface area (Å²) in [6.07, 6.45) is 0.820. The molecule has 2 rings (SSSR count). The van der Waals surface area contributed by atoms with Crippen LogP contribution in [0.5, 0.6) is 0 Å². The van der Waals surface area contributed by atoms with Crippen LogP contribution >= 0.6 is 0 Å². The van der Waals surface area contributed by atoms with Gasteiger partial charge in [0.05, 0.1) is 11.9 Å². The average molecular weight is 275 g/mol. The Morgan fingerprint density at radius 2 is 2.15 bits per heavy atom. The number of carboxylic acid groups (broad SMARTS) is 1. The molecule has 5 nitrogen and oxygen atoms in total. The van der Waals surface area contributed by atoms with Gasteiger partial charge in [-0.15, -0.1) is 0 Å². The summed E-state index contributed by atoms with van der Waals surface area (Å²) in [4.78, 5) is 14.6. The minimum absolute atomic E-state index is 0.0501. The lowest BCUT2D eigenvalue weighted by molar-refractivity contribution is 0.0697. The van der Waals surface area contributed by atoms with E-state index >= 15 is 0 Å². The highest BCUT2D eigenvalue weighted by Crippen LogP contribution is 2.24. The lowest BCUT2D eigenvalue weighted by atomic mass is 10.1. The molecule has 0 spiro atoms. The largest absolute Gasteiger partial charge is 0.478 e. The Morgan fingerprint density at radius 3 is 2.80 bits per heavy atom. The summed E-state index contributed by atoms with van der Waals surface area (Å²) in [7, 11) is 0. The number of benzene rings is 1. The molecule has 7 heteroatoms. The van der Waals surface area contributed by atoms with Crippen molar-refractivity contribution in [1.82, 2.24) is 4.98 Å². The van der Waals surface area contributed by atoms with E-state index in [1.807, 2.05) is 0 Å². The van der Waals surface area contributed by atoms with Crippen LogP contribution in [0.1, 0.15) is 15.9 Å². The quantitative estimate of drug-likeness (QED) is 0.899. The molecule has 0 fully saturated rings. The molecular weight excluding hydrogens is 268 g/mol. The van der Waals surface area contributed by atoms with Crippen LogP contribution in [0.3, 0.4) is 0 Å². The smallest absolute Gasteiger partial charge is 0.339 e. The Balaban J connectivity index is 2.49. The van der Waals surface area contributed by atoms with Crippen LogP contribution in [0.25, 0.3) is 0 Å². The maximum absolute atomic E-state index is 13.4. The van der Waals surface area contributed by atoms with E-state index in [1.54, 1.807) is 6.07 Å². The van der Waals surface area contributed by atoms with Gasteiger partial charge in [-0.2, -0.15) is 5.26 Å². The van der Waals surface area contributed by atoms with Gasteiger partial charge in [0, 0.05) is 0 Å². The molecule has 2 N–H and O–H groups in total. The summed E-state index contributed by atoms with van der Waals surface area (Å²) in [5.74, 6) is -3.14. The van der Waals surface area contributed by atoms with Crippen LogP contribution in [-0.4, -0.2) is 16.1 Å². The van der Waals surface area contributed by atoms with E-state index in [0.717, 1.165) is 18.3 Å². The number of nitriles is 1. The van der Waals surface area contributed by atoms with Crippen molar-refractivity contribution in [2.45, 2.75) is 0 Å². The van der Waals surface area contributed by atoms with Gasteiger partial charge in [-0.25, -0.2) is 18.6 Å². The summed E-state index contributed by atoms with van der Waals surface area (Å²) >= 11 is 0. The number of carbonyl (C=O) groups is 1. The molecule has 0 saturated heterocycles. The summed E-state index contributed by atoms with van der Waals surface area (Å²) < 4.78 is 26.4. The number of hydrogen-bond acceptors (Lipinski definition) is 4. The van der Waals surface area contributed by atoms with Gasteiger partial charge in [-0.05, 0) is 18.2 Å². The van der Waals surface area contributed by atoms with Gasteiger partial charge in [-0.1, -0.05) is 6.07 Å². The Kier molecular flexibility index (Phi) is 3.57. The standard InChI is InChI=1S/C13H7F2N3O2/c14-7-4-8(13(19)20)12(17-6-7)18-11-3-1-2-10(15)9(11)5-16/h1-4,6H,(H,17,18)(H,19,20). The highest BCUT2D eigenvalue weighted by atomic mass is 19.1. The molecule has 1 aromatic heterocycles. The van der Waals surface area contributed by atoms with E-state index in [4.69, 9.17) is 10.4 Å². The molecular formula is C13H7F2N3O2. The molecule has 0 atom stereocenters. The van der Waals surface area contributed by atoms with E-state index in [-0.39, 0.29) is 17.1 Å². The van der Waals surface area contributed by atoms with Crippen molar-refractivity contribution >= 4 is 17.5 Å². The van der Waals surface area contributed by atoms with E-state index < -0.39 is 23.2 Å². The highest BCUT2D eigenvalue weighted by molar-refractivity contribution is 5.94. The number of hydrogen-bond donors (Lipinski definition) is 2. The van der Waals surface area contributed by atoms with Gasteiger partial charge in [0.15, 0.2) is 0 Å². The number of anilines is 2. The van der Waals surface area contributed by atoms with E-state index in [1.165, 1.54) is 12.1 Å². The number of nitrogens with zero attached hydrogens (tertiary/aromatic N) is 2. The first-order chi connectivity index (χ1) is 9.52. The lowest BCUT2D eigenvalue weighted by Crippen LogP contribution is -2.06. The van der Waals surface area contributed by atoms with E-state index in [9.17, 15) is 13.6 Å². The van der Waals surface area contributed by atoms with Crippen LogP contribution in [0.2, 0.25) is 0 Å². The molecule has 1 heterocycles. The minimum atomic E-state index is -1.39. The maximum Gasteiger partial charge on any atom is 0.339 e.